The van der Waals surface area contributed by atoms with Crippen molar-refractivity contribution in [3.05, 3.63) is 66.0 Å². The number of hydrogen-bond acceptors (Lipinski definition) is 5. The van der Waals surface area contributed by atoms with Crippen molar-refractivity contribution >= 4 is 11.6 Å². The number of aromatic nitrogens is 1. The number of allylic oxidation sites excluding steroid dienone is 1. The maximum atomic E-state index is 12.3. The number of aromatic hydroxyl groups is 1. The number of benzene rings is 1. The number of phenolic OH excluding ortho intramolecular Hbond substituents is 1. The van der Waals surface area contributed by atoms with Gasteiger partial charge in [0.25, 0.3) is 0 Å². The second kappa shape index (κ2) is 6.24. The van der Waals surface area contributed by atoms with E-state index in [2.05, 4.69) is 20.9 Å². The Hall–Kier alpha value is -2.82. The van der Waals surface area contributed by atoms with Crippen LogP contribution in [0.3, 0.4) is 0 Å². The Morgan fingerprint density at radius 3 is 2.72 bits per heavy atom. The number of rotatable bonds is 4. The fraction of sp³-hybridized carbons (Fsp3) is 0.300. The molecular weight excluding hydrogens is 314 g/mol. The largest absolute Gasteiger partial charge is 0.507 e. The van der Waals surface area contributed by atoms with E-state index in [4.69, 9.17) is 0 Å². The summed E-state index contributed by atoms with van der Waals surface area (Å²) in [7, 11) is 0. The molecule has 2 aliphatic rings. The number of ketones is 1. The average molecular weight is 335 g/mol. The number of phenols is 1. The fourth-order valence-electron chi connectivity index (χ4n) is 3.78. The number of carbonyl (C=O) groups excluding carboxylic acids is 1. The molecule has 2 fully saturated rings. The van der Waals surface area contributed by atoms with Gasteiger partial charge >= 0.3 is 0 Å². The average Bonchev–Trinajstić information content (AvgIpc) is 3.20. The van der Waals surface area contributed by atoms with E-state index in [0.29, 0.717) is 17.6 Å². The molecule has 0 aliphatic carbocycles. The number of anilines is 1. The summed E-state index contributed by atoms with van der Waals surface area (Å²) in [5, 5.41) is 9.78. The predicted molar refractivity (Wildman–Crippen MR) is 96.8 cm³/mol. The van der Waals surface area contributed by atoms with Crippen molar-refractivity contribution in [2.45, 2.75) is 25.4 Å². The van der Waals surface area contributed by atoms with Crippen LogP contribution in [0, 0.1) is 6.92 Å². The van der Waals surface area contributed by atoms with Gasteiger partial charge < -0.3 is 14.9 Å². The van der Waals surface area contributed by atoms with E-state index in [9.17, 15) is 9.90 Å². The van der Waals surface area contributed by atoms with Gasteiger partial charge in [0.05, 0.1) is 5.56 Å². The lowest BCUT2D eigenvalue weighted by Crippen LogP contribution is -2.44. The maximum absolute atomic E-state index is 12.3. The Morgan fingerprint density at radius 1 is 1.16 bits per heavy atom. The van der Waals surface area contributed by atoms with Crippen molar-refractivity contribution in [2.24, 2.45) is 0 Å². The Kier molecular flexibility index (Phi) is 3.92. The Labute approximate surface area is 147 Å². The molecule has 0 spiro atoms. The van der Waals surface area contributed by atoms with Gasteiger partial charge in [0.2, 0.25) is 0 Å². The predicted octanol–water partition coefficient (Wildman–Crippen LogP) is 2.76. The molecule has 2 saturated heterocycles. The Morgan fingerprint density at radius 2 is 2.00 bits per heavy atom. The van der Waals surface area contributed by atoms with Crippen molar-refractivity contribution in [2.75, 3.05) is 18.0 Å². The summed E-state index contributed by atoms with van der Waals surface area (Å²) in [5.74, 6) is 0.899. The highest BCUT2D eigenvalue weighted by atomic mass is 16.3. The first kappa shape index (κ1) is 15.7. The van der Waals surface area contributed by atoms with Gasteiger partial charge in [-0.3, -0.25) is 4.79 Å². The number of hydrogen-bond donors (Lipinski definition) is 1. The van der Waals surface area contributed by atoms with Crippen molar-refractivity contribution in [3.63, 3.8) is 0 Å². The van der Waals surface area contributed by atoms with Crippen molar-refractivity contribution < 1.29 is 9.90 Å². The van der Waals surface area contributed by atoms with E-state index in [1.54, 1.807) is 24.3 Å². The van der Waals surface area contributed by atoms with Crippen LogP contribution in [0.25, 0.3) is 0 Å². The zero-order chi connectivity index (χ0) is 17.4. The van der Waals surface area contributed by atoms with Gasteiger partial charge in [-0.2, -0.15) is 0 Å². The van der Waals surface area contributed by atoms with Crippen LogP contribution in [0.2, 0.25) is 0 Å². The highest BCUT2D eigenvalue weighted by Gasteiger charge is 2.42. The molecule has 0 radical (unpaired) electrons. The third kappa shape index (κ3) is 2.97. The lowest BCUT2D eigenvalue weighted by atomic mass is 10.1. The van der Waals surface area contributed by atoms with Crippen LogP contribution in [0.5, 0.6) is 5.75 Å². The summed E-state index contributed by atoms with van der Waals surface area (Å²) in [6.45, 7) is 3.83. The number of likely N-dealkylation sites (tertiary alicyclic amines) is 1. The zero-order valence-corrected chi connectivity index (χ0v) is 14.2. The van der Waals surface area contributed by atoms with Crippen molar-refractivity contribution in [1.29, 1.82) is 0 Å². The first-order chi connectivity index (χ1) is 12.1. The molecule has 0 unspecified atom stereocenters. The molecule has 5 heteroatoms. The SMILES string of the molecule is Cc1cccc(N2C[C@H]3C[C@@H]2CN3/C=C/C(=O)c2ccccc2O)n1. The molecule has 1 aromatic heterocycles. The molecule has 2 aromatic rings. The molecule has 2 aliphatic heterocycles. The summed E-state index contributed by atoms with van der Waals surface area (Å²) in [6.07, 6.45) is 4.52. The minimum atomic E-state index is -0.168. The second-order valence-electron chi connectivity index (χ2n) is 6.73. The monoisotopic (exact) mass is 335 g/mol. The van der Waals surface area contributed by atoms with Gasteiger partial charge in [0.1, 0.15) is 11.6 Å². The summed E-state index contributed by atoms with van der Waals surface area (Å²) >= 11 is 0. The van der Waals surface area contributed by atoms with Crippen LogP contribution in [-0.4, -0.2) is 45.9 Å². The molecule has 5 nitrogen and oxygen atoms in total. The number of carbonyl (C=O) groups is 1. The topological polar surface area (TPSA) is 56.7 Å². The van der Waals surface area contributed by atoms with Crippen LogP contribution in [0.1, 0.15) is 22.5 Å². The van der Waals surface area contributed by atoms with Crippen LogP contribution in [0.15, 0.2) is 54.7 Å². The summed E-state index contributed by atoms with van der Waals surface area (Å²) in [4.78, 5) is 21.5. The highest BCUT2D eigenvalue weighted by Crippen LogP contribution is 2.34. The van der Waals surface area contributed by atoms with Crippen LogP contribution >= 0.6 is 0 Å². The molecule has 128 valence electrons. The molecule has 3 heterocycles. The Balaban J connectivity index is 1.43. The lowest BCUT2D eigenvalue weighted by Gasteiger charge is -2.34. The number of piperazine rings is 1. The van der Waals surface area contributed by atoms with Gasteiger partial charge in [-0.05, 0) is 37.6 Å². The van der Waals surface area contributed by atoms with Crippen LogP contribution in [-0.2, 0) is 0 Å². The number of fused-ring (bicyclic) bond motifs is 2. The number of pyridine rings is 1. The van der Waals surface area contributed by atoms with Gasteiger partial charge in [0.15, 0.2) is 5.78 Å². The first-order valence-electron chi connectivity index (χ1n) is 8.58. The molecule has 1 N–H and O–H groups in total. The van der Waals surface area contributed by atoms with E-state index < -0.39 is 0 Å². The number of nitrogens with zero attached hydrogens (tertiary/aromatic N) is 3. The van der Waals surface area contributed by atoms with E-state index in [1.165, 1.54) is 6.07 Å². The number of aryl methyl sites for hydroxylation is 1. The third-order valence-corrected chi connectivity index (χ3v) is 5.04. The lowest BCUT2D eigenvalue weighted by molar-refractivity contribution is 0.104. The molecule has 2 atom stereocenters. The van der Waals surface area contributed by atoms with E-state index in [-0.39, 0.29) is 11.5 Å². The van der Waals surface area contributed by atoms with Crippen molar-refractivity contribution in [1.82, 2.24) is 9.88 Å². The summed E-state index contributed by atoms with van der Waals surface area (Å²) in [5.41, 5.74) is 1.37. The van der Waals surface area contributed by atoms with Gasteiger partial charge in [0, 0.05) is 43.1 Å². The van der Waals surface area contributed by atoms with Gasteiger partial charge in [-0.1, -0.05) is 18.2 Å². The minimum Gasteiger partial charge on any atom is -0.507 e. The minimum absolute atomic E-state index is 0.0248. The first-order valence-corrected chi connectivity index (χ1v) is 8.58. The molecule has 2 bridgehead atoms. The zero-order valence-electron chi connectivity index (χ0n) is 14.2. The third-order valence-electron chi connectivity index (χ3n) is 5.04. The molecule has 1 aromatic carbocycles. The van der Waals surface area contributed by atoms with E-state index in [1.807, 2.05) is 25.3 Å². The molecular formula is C20H21N3O2. The van der Waals surface area contributed by atoms with E-state index >= 15 is 0 Å². The molecule has 4 rings (SSSR count). The van der Waals surface area contributed by atoms with Crippen LogP contribution < -0.4 is 4.90 Å². The maximum Gasteiger partial charge on any atom is 0.190 e. The standard InChI is InChI=1S/C20H21N3O2/c1-14-5-4-8-20(21-14)23-13-15-11-16(23)12-22(15)10-9-19(25)17-6-2-3-7-18(17)24/h2-10,15-16,24H,11-13H2,1H3/b10-9+/t15-,16-/m1/s1. The summed E-state index contributed by atoms with van der Waals surface area (Å²) < 4.78 is 0. The fourth-order valence-corrected chi connectivity index (χ4v) is 3.78. The normalized spacial score (nSPS) is 22.1. The van der Waals surface area contributed by atoms with Crippen LogP contribution in [0.4, 0.5) is 5.82 Å². The number of para-hydroxylation sites is 1. The molecule has 0 saturated carbocycles. The molecule has 0 amide bonds. The van der Waals surface area contributed by atoms with Gasteiger partial charge in [-0.25, -0.2) is 4.98 Å². The highest BCUT2D eigenvalue weighted by molar-refractivity contribution is 6.06. The van der Waals surface area contributed by atoms with Gasteiger partial charge in [-0.15, -0.1) is 0 Å². The summed E-state index contributed by atoms with van der Waals surface area (Å²) in [6, 6.07) is 13.6. The second-order valence-corrected chi connectivity index (χ2v) is 6.73. The smallest absolute Gasteiger partial charge is 0.190 e. The molecule has 25 heavy (non-hydrogen) atoms. The Bertz CT molecular complexity index is 833. The van der Waals surface area contributed by atoms with Crippen molar-refractivity contribution in [3.8, 4) is 5.75 Å². The quantitative estimate of drug-likeness (QED) is 0.688. The van der Waals surface area contributed by atoms with E-state index in [0.717, 1.165) is 31.0 Å².